The summed E-state index contributed by atoms with van der Waals surface area (Å²) in [5, 5.41) is 10.7. The number of nitrogens with zero attached hydrogens (tertiary/aromatic N) is 5. The number of alkyl halides is 1. The fourth-order valence-corrected chi connectivity index (χ4v) is 6.18. The molecule has 8 nitrogen and oxygen atoms in total. The van der Waals surface area contributed by atoms with Crippen LogP contribution in [-0.2, 0) is 4.74 Å². The first-order valence-electron chi connectivity index (χ1n) is 13.0. The van der Waals surface area contributed by atoms with Crippen LogP contribution in [0.25, 0.3) is 10.9 Å². The molecule has 1 amide bonds. The lowest BCUT2D eigenvalue weighted by Gasteiger charge is -2.37. The Labute approximate surface area is 229 Å². The molecule has 204 valence electrons. The van der Waals surface area contributed by atoms with E-state index in [0.29, 0.717) is 50.2 Å². The lowest BCUT2D eigenvalue weighted by atomic mass is 9.95. The van der Waals surface area contributed by atoms with Crippen molar-refractivity contribution in [2.75, 3.05) is 50.8 Å². The fourth-order valence-electron chi connectivity index (χ4n) is 5.86. The number of benzene rings is 1. The number of rotatable bonds is 4. The molecule has 1 aromatic carbocycles. The third-order valence-electron chi connectivity index (χ3n) is 7.59. The highest BCUT2D eigenvalue weighted by Crippen LogP contribution is 2.42. The molecule has 0 radical (unpaired) electrons. The monoisotopic (exact) mass is 591 g/mol. The molecule has 0 spiro atoms. The van der Waals surface area contributed by atoms with Crippen molar-refractivity contribution in [3.63, 3.8) is 0 Å². The van der Waals surface area contributed by atoms with Crippen LogP contribution in [0.15, 0.2) is 16.6 Å². The number of carbonyl (C=O) groups is 1. The zero-order valence-corrected chi connectivity index (χ0v) is 23.5. The molecule has 0 saturated carbocycles. The molecule has 5 rings (SSSR count). The number of amides is 1. The van der Waals surface area contributed by atoms with Crippen LogP contribution in [0.4, 0.5) is 19.3 Å². The van der Waals surface area contributed by atoms with Gasteiger partial charge < -0.3 is 19.3 Å². The Bertz CT molecular complexity index is 1290. The van der Waals surface area contributed by atoms with Crippen LogP contribution >= 0.6 is 15.9 Å². The molecular weight excluding hydrogens is 560 g/mol. The highest BCUT2D eigenvalue weighted by atomic mass is 79.9. The molecule has 2 atom stereocenters. The minimum Gasteiger partial charge on any atom is -0.475 e. The number of anilines is 1. The van der Waals surface area contributed by atoms with Gasteiger partial charge in [-0.3, -0.25) is 4.90 Å². The molecular formula is C27H32BrF2N5O3. The Balaban J connectivity index is 1.47. The van der Waals surface area contributed by atoms with Crippen molar-refractivity contribution in [1.82, 2.24) is 14.8 Å². The number of halogens is 3. The Kier molecular flexibility index (Phi) is 7.16. The van der Waals surface area contributed by atoms with E-state index in [-0.39, 0.29) is 34.1 Å². The molecule has 11 heteroatoms. The zero-order valence-electron chi connectivity index (χ0n) is 21.9. The van der Waals surface area contributed by atoms with E-state index in [0.717, 1.165) is 19.4 Å². The minimum atomic E-state index is -0.913. The molecule has 0 N–H and O–H groups in total. The Morgan fingerprint density at radius 1 is 1.26 bits per heavy atom. The summed E-state index contributed by atoms with van der Waals surface area (Å²) in [5.41, 5.74) is -0.207. The number of pyridine rings is 1. The third-order valence-corrected chi connectivity index (χ3v) is 8.20. The largest absolute Gasteiger partial charge is 0.475 e. The maximum Gasteiger partial charge on any atom is 0.410 e. The maximum absolute atomic E-state index is 15.3. The predicted molar refractivity (Wildman–Crippen MR) is 143 cm³/mol. The number of hydrogen-bond acceptors (Lipinski definition) is 7. The highest BCUT2D eigenvalue weighted by Gasteiger charge is 2.49. The third kappa shape index (κ3) is 5.00. The molecule has 1 aromatic heterocycles. The van der Waals surface area contributed by atoms with Crippen LogP contribution in [0.2, 0.25) is 0 Å². The summed E-state index contributed by atoms with van der Waals surface area (Å²) in [7, 11) is 0. The van der Waals surface area contributed by atoms with Gasteiger partial charge in [0.05, 0.1) is 15.7 Å². The minimum absolute atomic E-state index is 0.0464. The lowest BCUT2D eigenvalue weighted by molar-refractivity contribution is 0.0240. The van der Waals surface area contributed by atoms with Gasteiger partial charge in [0.15, 0.2) is 5.82 Å². The second-order valence-corrected chi connectivity index (χ2v) is 12.2. The number of fused-ring (bicyclic) bond motifs is 2. The topological polar surface area (TPSA) is 81.9 Å². The van der Waals surface area contributed by atoms with Crippen LogP contribution in [-0.4, -0.2) is 84.1 Å². The standard InChI is InChI=1S/C27H32BrF2N5O3/c1-26(2,3)38-25(36)34-11-9-33(10-12-34)23-18-5-6-20(28)21(30)22(18)32-24(19(23)14-31)37-16-27-7-4-8-35(27)15-17(29)13-27/h5-6,17H,4,7-13,15-16H2,1-3H3/t17-,27+/m1/s1. The Morgan fingerprint density at radius 2 is 2.00 bits per heavy atom. The number of aromatic nitrogens is 1. The van der Waals surface area contributed by atoms with E-state index < -0.39 is 23.1 Å². The van der Waals surface area contributed by atoms with Gasteiger partial charge in [-0.2, -0.15) is 5.26 Å². The molecule has 2 aromatic rings. The number of nitriles is 1. The average molecular weight is 592 g/mol. The van der Waals surface area contributed by atoms with E-state index in [2.05, 4.69) is 31.9 Å². The molecule has 0 aliphatic carbocycles. The van der Waals surface area contributed by atoms with Crippen molar-refractivity contribution >= 4 is 38.6 Å². The van der Waals surface area contributed by atoms with Crippen LogP contribution in [0, 0.1) is 17.1 Å². The first-order chi connectivity index (χ1) is 18.0. The summed E-state index contributed by atoms with van der Waals surface area (Å²) in [6.07, 6.45) is 0.842. The van der Waals surface area contributed by atoms with Crippen LogP contribution in [0.5, 0.6) is 5.88 Å². The van der Waals surface area contributed by atoms with E-state index in [9.17, 15) is 14.4 Å². The van der Waals surface area contributed by atoms with Crippen molar-refractivity contribution < 1.29 is 23.0 Å². The normalized spacial score (nSPS) is 24.0. The lowest BCUT2D eigenvalue weighted by Crippen LogP contribution is -2.50. The van der Waals surface area contributed by atoms with Crippen LogP contribution in [0.1, 0.15) is 45.6 Å². The van der Waals surface area contributed by atoms with E-state index in [1.807, 2.05) is 25.7 Å². The van der Waals surface area contributed by atoms with Crippen molar-refractivity contribution in [2.45, 2.75) is 57.3 Å². The zero-order chi connectivity index (χ0) is 27.2. The quantitative estimate of drug-likeness (QED) is 0.493. The molecule has 3 aliphatic heterocycles. The predicted octanol–water partition coefficient (Wildman–Crippen LogP) is 5.02. The second-order valence-electron chi connectivity index (χ2n) is 11.3. The van der Waals surface area contributed by atoms with Crippen molar-refractivity contribution in [1.29, 1.82) is 5.26 Å². The van der Waals surface area contributed by atoms with E-state index in [4.69, 9.17) is 9.47 Å². The molecule has 3 aliphatic rings. The summed E-state index contributed by atoms with van der Waals surface area (Å²) in [6, 6.07) is 5.57. The molecule has 3 fully saturated rings. The van der Waals surface area contributed by atoms with E-state index in [1.165, 1.54) is 0 Å². The maximum atomic E-state index is 15.3. The van der Waals surface area contributed by atoms with Gasteiger partial charge in [-0.1, -0.05) is 0 Å². The number of piperazine rings is 1. The van der Waals surface area contributed by atoms with Crippen molar-refractivity contribution in [3.8, 4) is 11.9 Å². The summed E-state index contributed by atoms with van der Waals surface area (Å²) in [4.78, 5) is 22.8. The summed E-state index contributed by atoms with van der Waals surface area (Å²) in [6.45, 7) is 8.45. The fraction of sp³-hybridized carbons (Fsp3) is 0.593. The number of ether oxygens (including phenoxy) is 2. The smallest absolute Gasteiger partial charge is 0.410 e. The highest BCUT2D eigenvalue weighted by molar-refractivity contribution is 9.10. The Morgan fingerprint density at radius 3 is 2.68 bits per heavy atom. The first-order valence-corrected chi connectivity index (χ1v) is 13.8. The van der Waals surface area contributed by atoms with Crippen molar-refractivity contribution in [2.24, 2.45) is 0 Å². The van der Waals surface area contributed by atoms with Gasteiger partial charge in [-0.15, -0.1) is 0 Å². The van der Waals surface area contributed by atoms with Gasteiger partial charge in [0.1, 0.15) is 35.5 Å². The Hall–Kier alpha value is -2.71. The average Bonchev–Trinajstić information content (AvgIpc) is 3.39. The van der Waals surface area contributed by atoms with Gasteiger partial charge in [0.2, 0.25) is 5.88 Å². The van der Waals surface area contributed by atoms with Gasteiger partial charge >= 0.3 is 6.09 Å². The van der Waals surface area contributed by atoms with Gasteiger partial charge in [-0.05, 0) is 68.2 Å². The molecule has 0 unspecified atom stereocenters. The van der Waals surface area contributed by atoms with Crippen LogP contribution < -0.4 is 9.64 Å². The SMILES string of the molecule is CC(C)(C)OC(=O)N1CCN(c2c(C#N)c(OC[C@@]34CCCN3C[C@H](F)C4)nc3c(F)c(Br)ccc23)CC1. The van der Waals surface area contributed by atoms with Gasteiger partial charge in [-0.25, -0.2) is 18.6 Å². The van der Waals surface area contributed by atoms with E-state index in [1.54, 1.807) is 17.0 Å². The first kappa shape index (κ1) is 26.9. The molecule has 4 heterocycles. The number of hydrogen-bond donors (Lipinski definition) is 0. The summed E-state index contributed by atoms with van der Waals surface area (Å²) < 4.78 is 41.5. The molecule has 0 bridgehead atoms. The van der Waals surface area contributed by atoms with Gasteiger partial charge in [0.25, 0.3) is 0 Å². The number of carbonyl (C=O) groups excluding carboxylic acids is 1. The molecule has 38 heavy (non-hydrogen) atoms. The molecule has 3 saturated heterocycles. The second kappa shape index (κ2) is 10.1. The van der Waals surface area contributed by atoms with Crippen LogP contribution in [0.3, 0.4) is 0 Å². The van der Waals surface area contributed by atoms with Gasteiger partial charge in [0, 0.05) is 44.5 Å². The van der Waals surface area contributed by atoms with Crippen molar-refractivity contribution in [3.05, 3.63) is 28.0 Å². The summed E-state index contributed by atoms with van der Waals surface area (Å²) in [5.74, 6) is -0.499. The summed E-state index contributed by atoms with van der Waals surface area (Å²) >= 11 is 3.24. The van der Waals surface area contributed by atoms with E-state index >= 15 is 4.39 Å².